The first kappa shape index (κ1) is 23.5. The van der Waals surface area contributed by atoms with Gasteiger partial charge >= 0.3 is 0 Å². The van der Waals surface area contributed by atoms with Crippen molar-refractivity contribution in [3.05, 3.63) is 110 Å². The third-order valence-corrected chi connectivity index (χ3v) is 5.77. The van der Waals surface area contributed by atoms with Crippen molar-refractivity contribution in [2.24, 2.45) is 0 Å². The molecule has 0 aliphatic rings. The highest BCUT2D eigenvalue weighted by molar-refractivity contribution is 6.35. The van der Waals surface area contributed by atoms with Gasteiger partial charge in [0.1, 0.15) is 17.4 Å². The standard InChI is InChI=1S/C24H17Cl4N3O2/c25-18-7-3-15(4-8-18)12-31-13-21(28)23(30-31)29-24(32)17-5-1-16(2-6-17)14-33-22-10-9-19(26)11-20(22)27/h1-11,13H,12,14H2,(H,29,30,32). The molecule has 9 heteroatoms. The molecule has 168 valence electrons. The number of benzene rings is 3. The Kier molecular flexibility index (Phi) is 7.46. The topological polar surface area (TPSA) is 56.2 Å². The summed E-state index contributed by atoms with van der Waals surface area (Å²) in [6, 6.07) is 19.5. The van der Waals surface area contributed by atoms with Crippen molar-refractivity contribution in [2.45, 2.75) is 13.2 Å². The molecule has 1 N–H and O–H groups in total. The van der Waals surface area contributed by atoms with E-state index in [1.54, 1.807) is 53.3 Å². The van der Waals surface area contributed by atoms with Crippen LogP contribution in [0.3, 0.4) is 0 Å². The number of anilines is 1. The minimum absolute atomic E-state index is 0.292. The highest BCUT2D eigenvalue weighted by atomic mass is 35.5. The van der Waals surface area contributed by atoms with E-state index in [-0.39, 0.29) is 5.91 Å². The summed E-state index contributed by atoms with van der Waals surface area (Å²) in [5.41, 5.74) is 2.35. The Morgan fingerprint density at radius 2 is 1.52 bits per heavy atom. The van der Waals surface area contributed by atoms with Gasteiger partial charge in [0.05, 0.1) is 11.6 Å². The summed E-state index contributed by atoms with van der Waals surface area (Å²) < 4.78 is 7.38. The van der Waals surface area contributed by atoms with Gasteiger partial charge in [0.15, 0.2) is 5.82 Å². The molecule has 0 spiro atoms. The molecule has 0 fully saturated rings. The molecule has 1 amide bonds. The van der Waals surface area contributed by atoms with Gasteiger partial charge in [-0.25, -0.2) is 0 Å². The van der Waals surface area contributed by atoms with Gasteiger partial charge in [-0.1, -0.05) is 70.7 Å². The van der Waals surface area contributed by atoms with Crippen molar-refractivity contribution in [3.63, 3.8) is 0 Å². The van der Waals surface area contributed by atoms with E-state index in [0.717, 1.165) is 11.1 Å². The molecule has 0 bridgehead atoms. The molecular weight excluding hydrogens is 504 g/mol. The van der Waals surface area contributed by atoms with Crippen molar-refractivity contribution in [1.29, 1.82) is 0 Å². The van der Waals surface area contributed by atoms with Gasteiger partial charge in [-0.15, -0.1) is 0 Å². The fourth-order valence-electron chi connectivity index (χ4n) is 3.03. The average Bonchev–Trinajstić information content (AvgIpc) is 3.13. The number of carbonyl (C=O) groups is 1. The van der Waals surface area contributed by atoms with Crippen molar-refractivity contribution < 1.29 is 9.53 Å². The number of hydrogen-bond donors (Lipinski definition) is 1. The minimum Gasteiger partial charge on any atom is -0.487 e. The Balaban J connectivity index is 1.36. The molecule has 1 aromatic heterocycles. The van der Waals surface area contributed by atoms with E-state index < -0.39 is 0 Å². The van der Waals surface area contributed by atoms with Crippen LogP contribution in [0.1, 0.15) is 21.5 Å². The van der Waals surface area contributed by atoms with Crippen LogP contribution >= 0.6 is 46.4 Å². The molecule has 0 radical (unpaired) electrons. The number of carbonyl (C=O) groups excluding carboxylic acids is 1. The van der Waals surface area contributed by atoms with Gasteiger partial charge in [-0.05, 0) is 53.6 Å². The normalized spacial score (nSPS) is 10.8. The van der Waals surface area contributed by atoms with Crippen molar-refractivity contribution in [3.8, 4) is 5.75 Å². The highest BCUT2D eigenvalue weighted by Gasteiger charge is 2.13. The lowest BCUT2D eigenvalue weighted by Gasteiger charge is -2.09. The molecule has 3 aromatic carbocycles. The van der Waals surface area contributed by atoms with E-state index in [9.17, 15) is 4.79 Å². The maximum atomic E-state index is 12.6. The maximum Gasteiger partial charge on any atom is 0.256 e. The highest BCUT2D eigenvalue weighted by Crippen LogP contribution is 2.28. The van der Waals surface area contributed by atoms with Gasteiger partial charge in [-0.2, -0.15) is 5.10 Å². The zero-order chi connectivity index (χ0) is 23.4. The number of ether oxygens (including phenoxy) is 1. The first-order valence-corrected chi connectivity index (χ1v) is 11.3. The SMILES string of the molecule is O=C(Nc1nn(Cc2ccc(Cl)cc2)cc1Cl)c1ccc(COc2ccc(Cl)cc2Cl)cc1. The zero-order valence-corrected chi connectivity index (χ0v) is 20.1. The Bertz CT molecular complexity index is 1270. The van der Waals surface area contributed by atoms with E-state index in [1.165, 1.54) is 0 Å². The lowest BCUT2D eigenvalue weighted by atomic mass is 10.1. The van der Waals surface area contributed by atoms with E-state index in [4.69, 9.17) is 51.1 Å². The van der Waals surface area contributed by atoms with Crippen LogP contribution in [0.2, 0.25) is 20.1 Å². The number of halogens is 4. The lowest BCUT2D eigenvalue weighted by molar-refractivity contribution is 0.102. The minimum atomic E-state index is -0.318. The molecule has 0 unspecified atom stereocenters. The first-order valence-electron chi connectivity index (χ1n) is 9.83. The van der Waals surface area contributed by atoms with Crippen molar-refractivity contribution >= 4 is 58.1 Å². The Morgan fingerprint density at radius 3 is 2.21 bits per heavy atom. The summed E-state index contributed by atoms with van der Waals surface area (Å²) in [6.45, 7) is 0.795. The smallest absolute Gasteiger partial charge is 0.256 e. The third kappa shape index (κ3) is 6.21. The molecule has 33 heavy (non-hydrogen) atoms. The number of nitrogens with one attached hydrogen (secondary N) is 1. The van der Waals surface area contributed by atoms with Crippen LogP contribution in [0.15, 0.2) is 72.9 Å². The Morgan fingerprint density at radius 1 is 0.848 bits per heavy atom. The summed E-state index contributed by atoms with van der Waals surface area (Å²) in [7, 11) is 0. The van der Waals surface area contributed by atoms with Gasteiger partial charge < -0.3 is 10.1 Å². The predicted octanol–water partition coefficient (Wildman–Crippen LogP) is 7.38. The molecule has 0 saturated heterocycles. The number of aromatic nitrogens is 2. The first-order chi connectivity index (χ1) is 15.9. The molecule has 1 heterocycles. The van der Waals surface area contributed by atoms with Gasteiger partial charge in [0.2, 0.25) is 0 Å². The van der Waals surface area contributed by atoms with E-state index in [1.807, 2.05) is 24.3 Å². The fourth-order valence-corrected chi connectivity index (χ4v) is 3.81. The molecule has 4 rings (SSSR count). The van der Waals surface area contributed by atoms with Crippen LogP contribution < -0.4 is 10.1 Å². The van der Waals surface area contributed by atoms with E-state index >= 15 is 0 Å². The van der Waals surface area contributed by atoms with Crippen molar-refractivity contribution in [2.75, 3.05) is 5.32 Å². The molecule has 0 aliphatic carbocycles. The van der Waals surface area contributed by atoms with Crippen LogP contribution in [0, 0.1) is 0 Å². The van der Waals surface area contributed by atoms with Gasteiger partial charge in [-0.3, -0.25) is 9.48 Å². The Labute approximate surface area is 210 Å². The molecule has 0 atom stereocenters. The largest absolute Gasteiger partial charge is 0.487 e. The van der Waals surface area contributed by atoms with Crippen molar-refractivity contribution in [1.82, 2.24) is 9.78 Å². The van der Waals surface area contributed by atoms with Crippen LogP contribution in [0.25, 0.3) is 0 Å². The molecule has 5 nitrogen and oxygen atoms in total. The summed E-state index contributed by atoms with van der Waals surface area (Å²) in [5, 5.41) is 9.10. The second kappa shape index (κ2) is 10.5. The van der Waals surface area contributed by atoms with Gasteiger partial charge in [0.25, 0.3) is 5.91 Å². The van der Waals surface area contributed by atoms with Crippen LogP contribution in [-0.2, 0) is 13.2 Å². The monoisotopic (exact) mass is 519 g/mol. The Hall–Kier alpha value is -2.70. The van der Waals surface area contributed by atoms with E-state index in [0.29, 0.717) is 50.4 Å². The average molecular weight is 521 g/mol. The molecule has 0 saturated carbocycles. The molecule has 0 aliphatic heterocycles. The van der Waals surface area contributed by atoms with Crippen LogP contribution in [0.4, 0.5) is 5.82 Å². The number of nitrogens with zero attached hydrogens (tertiary/aromatic N) is 2. The van der Waals surface area contributed by atoms with E-state index in [2.05, 4.69) is 10.4 Å². The molecular formula is C24H17Cl4N3O2. The summed E-state index contributed by atoms with van der Waals surface area (Å²) in [4.78, 5) is 12.6. The summed E-state index contributed by atoms with van der Waals surface area (Å²) in [5.74, 6) is 0.508. The second-order valence-electron chi connectivity index (χ2n) is 7.16. The predicted molar refractivity (Wildman–Crippen MR) is 133 cm³/mol. The second-order valence-corrected chi connectivity index (χ2v) is 8.85. The maximum absolute atomic E-state index is 12.6. The number of amides is 1. The van der Waals surface area contributed by atoms with Gasteiger partial charge in [0, 0.05) is 21.8 Å². The van der Waals surface area contributed by atoms with Crippen LogP contribution in [0.5, 0.6) is 5.75 Å². The summed E-state index contributed by atoms with van der Waals surface area (Å²) >= 11 is 24.2. The fraction of sp³-hybridized carbons (Fsp3) is 0.0833. The lowest BCUT2D eigenvalue weighted by Crippen LogP contribution is -2.13. The third-order valence-electron chi connectivity index (χ3n) is 4.71. The summed E-state index contributed by atoms with van der Waals surface area (Å²) in [6.07, 6.45) is 1.66. The van der Waals surface area contributed by atoms with Crippen LogP contribution in [-0.4, -0.2) is 15.7 Å². The number of hydrogen-bond acceptors (Lipinski definition) is 3. The molecule has 4 aromatic rings. The quantitative estimate of drug-likeness (QED) is 0.276. The number of rotatable bonds is 7. The zero-order valence-electron chi connectivity index (χ0n) is 17.1.